The zero-order chi connectivity index (χ0) is 40.0. The van der Waals surface area contributed by atoms with Gasteiger partial charge in [0.2, 0.25) is 0 Å². The van der Waals surface area contributed by atoms with Gasteiger partial charge in [-0.3, -0.25) is 0 Å². The van der Waals surface area contributed by atoms with Crippen molar-refractivity contribution < 1.29 is 0 Å². The number of thiophene rings is 4. The third kappa shape index (κ3) is 14.9. The van der Waals surface area contributed by atoms with E-state index < -0.39 is 0 Å². The largest absolute Gasteiger partial charge is 0.139 e. The number of hydrogen-bond acceptors (Lipinski definition) is 4. The lowest BCUT2D eigenvalue weighted by Gasteiger charge is -2.02. The molecule has 4 heterocycles. The number of benzene rings is 2. The van der Waals surface area contributed by atoms with Crippen molar-refractivity contribution in [1.82, 2.24) is 0 Å². The molecule has 0 aliphatic carbocycles. The van der Waals surface area contributed by atoms with Gasteiger partial charge in [-0.1, -0.05) is 190 Å². The van der Waals surface area contributed by atoms with Crippen LogP contribution in [-0.4, -0.2) is 0 Å². The normalized spacial score (nSPS) is 11.7. The number of aryl methyl sites for hydroxylation is 2. The van der Waals surface area contributed by atoms with Gasteiger partial charge in [-0.2, -0.15) is 0 Å². The first-order valence-corrected chi connectivity index (χ1v) is 26.2. The molecule has 6 rings (SSSR count). The Balaban J connectivity index is 0.904. The summed E-state index contributed by atoms with van der Waals surface area (Å²) in [5.41, 5.74) is 5.04. The van der Waals surface area contributed by atoms with Crippen molar-refractivity contribution in [2.24, 2.45) is 0 Å². The fourth-order valence-electron chi connectivity index (χ4n) is 7.82. The van der Waals surface area contributed by atoms with Crippen molar-refractivity contribution in [1.29, 1.82) is 0 Å². The Morgan fingerprint density at radius 2 is 0.586 bits per heavy atom. The van der Waals surface area contributed by atoms with E-state index in [-0.39, 0.29) is 0 Å². The lowest BCUT2D eigenvalue weighted by Crippen LogP contribution is -1.84. The van der Waals surface area contributed by atoms with Gasteiger partial charge < -0.3 is 0 Å². The Bertz CT molecular complexity index is 1860. The Hall–Kier alpha value is -3.02. The van der Waals surface area contributed by atoms with Crippen LogP contribution in [0.4, 0.5) is 0 Å². The molecule has 0 spiro atoms. The molecule has 2 aromatic carbocycles. The molecule has 58 heavy (non-hydrogen) atoms. The molecule has 0 bridgehead atoms. The third-order valence-corrected chi connectivity index (χ3v) is 16.4. The molecular weight excluding hydrogens is 777 g/mol. The lowest BCUT2D eigenvalue weighted by atomic mass is 10.1. The maximum absolute atomic E-state index is 2.36. The van der Waals surface area contributed by atoms with E-state index in [1.165, 1.54) is 203 Å². The Kier molecular flexibility index (Phi) is 19.6. The van der Waals surface area contributed by atoms with Gasteiger partial charge in [-0.25, -0.2) is 0 Å². The molecular formula is C54H68S4. The maximum atomic E-state index is 2.36. The number of unbranched alkanes of at least 4 members (excludes halogenated alkanes) is 18. The summed E-state index contributed by atoms with van der Waals surface area (Å²) in [6, 6.07) is 36.7. The van der Waals surface area contributed by atoms with Gasteiger partial charge in [0.05, 0.1) is 0 Å². The van der Waals surface area contributed by atoms with Crippen LogP contribution in [0.25, 0.3) is 52.5 Å². The minimum atomic E-state index is 1.23. The number of rotatable bonds is 28. The summed E-state index contributed by atoms with van der Waals surface area (Å²) in [6.07, 6.45) is 34.9. The first kappa shape index (κ1) is 44.5. The van der Waals surface area contributed by atoms with Gasteiger partial charge in [0.1, 0.15) is 0 Å². The van der Waals surface area contributed by atoms with E-state index >= 15 is 0 Å². The molecule has 0 nitrogen and oxygen atoms in total. The molecule has 308 valence electrons. The van der Waals surface area contributed by atoms with Gasteiger partial charge in [-0.15, -0.1) is 45.3 Å². The summed E-state index contributed by atoms with van der Waals surface area (Å²) < 4.78 is 0. The third-order valence-electron chi connectivity index (χ3n) is 11.4. The predicted octanol–water partition coefficient (Wildman–Crippen LogP) is 19.7. The van der Waals surface area contributed by atoms with Crippen molar-refractivity contribution in [2.75, 3.05) is 0 Å². The summed E-state index contributed by atoms with van der Waals surface area (Å²) in [4.78, 5) is 11.3. The van der Waals surface area contributed by atoms with Gasteiger partial charge in [0, 0.05) is 39.0 Å². The molecule has 0 aliphatic rings. The van der Waals surface area contributed by atoms with Gasteiger partial charge in [0.25, 0.3) is 0 Å². The lowest BCUT2D eigenvalue weighted by molar-refractivity contribution is 0.557. The van der Waals surface area contributed by atoms with Crippen molar-refractivity contribution in [3.63, 3.8) is 0 Å². The van der Waals surface area contributed by atoms with E-state index in [1.54, 1.807) is 0 Å². The van der Waals surface area contributed by atoms with Gasteiger partial charge >= 0.3 is 0 Å². The minimum absolute atomic E-state index is 1.23. The van der Waals surface area contributed by atoms with E-state index in [9.17, 15) is 0 Å². The van der Waals surface area contributed by atoms with Crippen LogP contribution in [0.3, 0.4) is 0 Å². The molecule has 4 aromatic heterocycles. The Morgan fingerprint density at radius 1 is 0.293 bits per heavy atom. The van der Waals surface area contributed by atoms with Crippen LogP contribution in [0.2, 0.25) is 0 Å². The topological polar surface area (TPSA) is 0 Å². The van der Waals surface area contributed by atoms with Crippen LogP contribution < -0.4 is 0 Å². The molecule has 0 radical (unpaired) electrons. The monoisotopic (exact) mass is 844 g/mol. The second kappa shape index (κ2) is 25.6. The molecule has 0 atom stereocenters. The van der Waals surface area contributed by atoms with Crippen LogP contribution in [-0.2, 0) is 12.8 Å². The first-order valence-electron chi connectivity index (χ1n) is 23.0. The maximum Gasteiger partial charge on any atom is 0.0449 e. The van der Waals surface area contributed by atoms with E-state index in [2.05, 4.69) is 123 Å². The summed E-state index contributed by atoms with van der Waals surface area (Å²) >= 11 is 7.81. The molecule has 0 saturated heterocycles. The SMILES string of the molecule is CCCCCCCCCCCCc1ccc(-c2ccc(-c3ccc(/C=C/c4ccc(-c5ccc(-c6ccc(CCCCCCCCCCCC)s6)s5)cc4)cc3)s2)s1. The summed E-state index contributed by atoms with van der Waals surface area (Å²) in [5.74, 6) is 0. The van der Waals surface area contributed by atoms with Crippen LogP contribution in [0.5, 0.6) is 0 Å². The second-order valence-electron chi connectivity index (χ2n) is 16.3. The van der Waals surface area contributed by atoms with Crippen molar-refractivity contribution in [2.45, 2.75) is 155 Å². The highest BCUT2D eigenvalue weighted by Crippen LogP contribution is 2.40. The molecule has 6 aromatic rings. The fraction of sp³-hybridized carbons (Fsp3) is 0.444. The Labute approximate surface area is 368 Å². The van der Waals surface area contributed by atoms with E-state index in [0.29, 0.717) is 0 Å². The van der Waals surface area contributed by atoms with Crippen molar-refractivity contribution in [3.05, 3.63) is 118 Å². The van der Waals surface area contributed by atoms with Crippen LogP contribution >= 0.6 is 45.3 Å². The molecule has 0 aliphatic heterocycles. The second-order valence-corrected chi connectivity index (χ2v) is 20.8. The van der Waals surface area contributed by atoms with Crippen LogP contribution in [0.1, 0.15) is 163 Å². The Morgan fingerprint density at radius 3 is 0.948 bits per heavy atom. The molecule has 0 saturated carbocycles. The van der Waals surface area contributed by atoms with Crippen LogP contribution in [0.15, 0.2) is 97.1 Å². The fourth-order valence-corrected chi connectivity index (χ4v) is 12.1. The summed E-state index contributed by atoms with van der Waals surface area (Å²) in [6.45, 7) is 4.59. The molecule has 0 amide bonds. The number of hydrogen-bond donors (Lipinski definition) is 0. The highest BCUT2D eigenvalue weighted by Gasteiger charge is 2.10. The van der Waals surface area contributed by atoms with Crippen molar-refractivity contribution in [3.8, 4) is 40.4 Å². The predicted molar refractivity (Wildman–Crippen MR) is 266 cm³/mol. The summed E-state index contributed by atoms with van der Waals surface area (Å²) in [5, 5.41) is 0. The highest BCUT2D eigenvalue weighted by atomic mass is 32.1. The zero-order valence-corrected chi connectivity index (χ0v) is 38.8. The van der Waals surface area contributed by atoms with Crippen molar-refractivity contribution >= 4 is 57.5 Å². The molecule has 4 heteroatoms. The average molecular weight is 845 g/mol. The quantitative estimate of drug-likeness (QED) is 0.0341. The molecule has 0 fully saturated rings. The zero-order valence-electron chi connectivity index (χ0n) is 35.6. The molecule has 0 unspecified atom stereocenters. The first-order chi connectivity index (χ1) is 28.7. The summed E-state index contributed by atoms with van der Waals surface area (Å²) in [7, 11) is 0. The van der Waals surface area contributed by atoms with E-state index in [4.69, 9.17) is 0 Å². The highest BCUT2D eigenvalue weighted by molar-refractivity contribution is 7.24. The standard InChI is InChI=1S/C54H68S4/c1-3-5-7-9-11-13-15-17-19-21-23-47-35-37-51(55-47)53-41-39-49(57-53)45-31-27-43(28-32-45)25-26-44-29-33-46(34-30-44)50-40-42-54(58-50)52-38-36-48(56-52)24-22-20-18-16-14-12-10-8-6-4-2/h25-42H,3-24H2,1-2H3/b26-25+. The molecule has 0 N–H and O–H groups in total. The van der Waals surface area contributed by atoms with Crippen LogP contribution in [0, 0.1) is 0 Å². The minimum Gasteiger partial charge on any atom is -0.139 e. The van der Waals surface area contributed by atoms with Gasteiger partial charge in [-0.05, 0) is 96.5 Å². The van der Waals surface area contributed by atoms with Gasteiger partial charge in [0.15, 0.2) is 0 Å². The smallest absolute Gasteiger partial charge is 0.0449 e. The van der Waals surface area contributed by atoms with E-state index in [1.807, 2.05) is 45.3 Å². The van der Waals surface area contributed by atoms with E-state index in [0.717, 1.165) is 0 Å². The average Bonchev–Trinajstić information content (AvgIpc) is 4.10.